The van der Waals surface area contributed by atoms with E-state index in [0.717, 1.165) is 0 Å². The first-order valence-electron chi connectivity index (χ1n) is 5.63. The summed E-state index contributed by atoms with van der Waals surface area (Å²) >= 11 is 0. The maximum Gasteiger partial charge on any atom is 0.258 e. The van der Waals surface area contributed by atoms with Crippen molar-refractivity contribution in [2.45, 2.75) is 18.4 Å². The van der Waals surface area contributed by atoms with Gasteiger partial charge in [0.2, 0.25) is 23.4 Å². The second-order valence-corrected chi connectivity index (χ2v) is 4.52. The van der Waals surface area contributed by atoms with Crippen LogP contribution in [0.2, 0.25) is 0 Å². The fourth-order valence-electron chi connectivity index (χ4n) is 2.41. The van der Waals surface area contributed by atoms with Crippen LogP contribution in [-0.2, 0) is 10.5 Å². The van der Waals surface area contributed by atoms with Gasteiger partial charge in [0.1, 0.15) is 0 Å². The van der Waals surface area contributed by atoms with E-state index in [2.05, 4.69) is 15.6 Å². The largest absolute Gasteiger partial charge is 0.361 e. The summed E-state index contributed by atoms with van der Waals surface area (Å²) in [6.45, 7) is 1.25. The predicted molar refractivity (Wildman–Crippen MR) is 64.0 cm³/mol. The smallest absolute Gasteiger partial charge is 0.258 e. The highest BCUT2D eigenvalue weighted by Crippen LogP contribution is 2.46. The van der Waals surface area contributed by atoms with Crippen molar-refractivity contribution < 1.29 is 19.8 Å². The number of carbonyl (C=O) groups is 2. The molecule has 3 rings (SSSR count). The zero-order chi connectivity index (χ0) is 13.8. The van der Waals surface area contributed by atoms with Gasteiger partial charge in [-0.1, -0.05) is 24.3 Å². The molecule has 0 spiro atoms. The normalized spacial score (nSPS) is 31.3. The van der Waals surface area contributed by atoms with Gasteiger partial charge in [-0.05, 0) is 0 Å². The molecule has 98 valence electrons. The third-order valence-corrected chi connectivity index (χ3v) is 3.25. The van der Waals surface area contributed by atoms with Gasteiger partial charge in [0.15, 0.2) is 0 Å². The Kier molecular flexibility index (Phi) is 2.11. The third kappa shape index (κ3) is 1.31. The average molecular weight is 261 g/mol. The SMILES string of the molecule is CC(=O)NC1=N[C@@]2(O)c3ccccc3C(=O)[C@@]2(O)N1. The molecule has 7 heteroatoms. The van der Waals surface area contributed by atoms with Crippen LogP contribution in [0.25, 0.3) is 0 Å². The maximum atomic E-state index is 12.2. The fourth-order valence-corrected chi connectivity index (χ4v) is 2.41. The quantitative estimate of drug-likeness (QED) is 0.469. The Morgan fingerprint density at radius 2 is 2.05 bits per heavy atom. The first-order chi connectivity index (χ1) is 8.88. The van der Waals surface area contributed by atoms with E-state index >= 15 is 0 Å². The molecule has 1 aromatic rings. The molecule has 0 saturated carbocycles. The summed E-state index contributed by atoms with van der Waals surface area (Å²) in [4.78, 5) is 27.0. The van der Waals surface area contributed by atoms with Crippen molar-refractivity contribution in [2.24, 2.45) is 4.99 Å². The van der Waals surface area contributed by atoms with E-state index in [4.69, 9.17) is 0 Å². The average Bonchev–Trinajstić information content (AvgIpc) is 2.68. The molecule has 2 atom stereocenters. The predicted octanol–water partition coefficient (Wildman–Crippen LogP) is -1.19. The summed E-state index contributed by atoms with van der Waals surface area (Å²) in [6.07, 6.45) is 0. The number of guanidine groups is 1. The molecule has 0 radical (unpaired) electrons. The Hall–Kier alpha value is -2.25. The van der Waals surface area contributed by atoms with Crippen molar-refractivity contribution in [3.63, 3.8) is 0 Å². The highest BCUT2D eigenvalue weighted by Gasteiger charge is 2.67. The van der Waals surface area contributed by atoms with Crippen molar-refractivity contribution in [2.75, 3.05) is 0 Å². The van der Waals surface area contributed by atoms with Gasteiger partial charge >= 0.3 is 0 Å². The Morgan fingerprint density at radius 3 is 2.74 bits per heavy atom. The summed E-state index contributed by atoms with van der Waals surface area (Å²) < 4.78 is 0. The molecule has 0 fully saturated rings. The number of ketones is 1. The Morgan fingerprint density at radius 1 is 1.37 bits per heavy atom. The van der Waals surface area contributed by atoms with E-state index in [1.54, 1.807) is 12.1 Å². The zero-order valence-electron chi connectivity index (χ0n) is 9.97. The van der Waals surface area contributed by atoms with Crippen LogP contribution in [0.1, 0.15) is 22.8 Å². The molecule has 1 heterocycles. The molecule has 4 N–H and O–H groups in total. The zero-order valence-corrected chi connectivity index (χ0v) is 9.97. The number of aliphatic imine (C=N–C) groups is 1. The molecule has 0 saturated heterocycles. The van der Waals surface area contributed by atoms with Crippen LogP contribution in [0.5, 0.6) is 0 Å². The molecule has 19 heavy (non-hydrogen) atoms. The number of nitrogens with zero attached hydrogens (tertiary/aromatic N) is 1. The van der Waals surface area contributed by atoms with Gasteiger partial charge < -0.3 is 15.5 Å². The molecule has 0 bridgehead atoms. The van der Waals surface area contributed by atoms with E-state index in [9.17, 15) is 19.8 Å². The van der Waals surface area contributed by atoms with Crippen LogP contribution in [0.15, 0.2) is 29.3 Å². The van der Waals surface area contributed by atoms with E-state index in [-0.39, 0.29) is 17.1 Å². The highest BCUT2D eigenvalue weighted by molar-refractivity contribution is 6.12. The summed E-state index contributed by atoms with van der Waals surface area (Å²) in [6, 6.07) is 6.26. The van der Waals surface area contributed by atoms with Gasteiger partial charge in [-0.25, -0.2) is 4.99 Å². The van der Waals surface area contributed by atoms with Crippen molar-refractivity contribution in [3.05, 3.63) is 35.4 Å². The van der Waals surface area contributed by atoms with Crippen molar-refractivity contribution in [1.82, 2.24) is 10.6 Å². The molecule has 7 nitrogen and oxygen atoms in total. The number of fused-ring (bicyclic) bond motifs is 3. The Bertz CT molecular complexity index is 642. The van der Waals surface area contributed by atoms with Crippen LogP contribution in [0.3, 0.4) is 0 Å². The number of hydrogen-bond acceptors (Lipinski definition) is 6. The van der Waals surface area contributed by atoms with Crippen molar-refractivity contribution in [3.8, 4) is 0 Å². The molecular weight excluding hydrogens is 250 g/mol. The Balaban J connectivity index is 2.15. The number of carbonyl (C=O) groups excluding carboxylic acids is 2. The second kappa shape index (κ2) is 3.40. The number of aliphatic hydroxyl groups is 2. The number of Topliss-reactive ketones (excluding diaryl/α,β-unsaturated/α-hetero) is 1. The van der Waals surface area contributed by atoms with Gasteiger partial charge in [-0.15, -0.1) is 0 Å². The van der Waals surface area contributed by atoms with Gasteiger partial charge in [-0.3, -0.25) is 14.9 Å². The lowest BCUT2D eigenvalue weighted by atomic mass is 10.0. The Labute approximate surface area is 108 Å². The molecule has 1 amide bonds. The molecule has 2 aliphatic rings. The van der Waals surface area contributed by atoms with Gasteiger partial charge in [0.05, 0.1) is 0 Å². The minimum Gasteiger partial charge on any atom is -0.361 e. The van der Waals surface area contributed by atoms with Crippen LogP contribution in [0, 0.1) is 0 Å². The standard InChI is InChI=1S/C12H11N3O4/c1-6(16)13-10-14-11(18)8-5-3-2-4-7(8)9(17)12(11,19)15-10/h2-5,18-19H,1H3,(H2,13,14,15,16)/t11-,12+/m1/s1. The molecule has 1 aliphatic heterocycles. The number of rotatable bonds is 0. The maximum absolute atomic E-state index is 12.2. The topological polar surface area (TPSA) is 111 Å². The van der Waals surface area contributed by atoms with E-state index in [1.807, 2.05) is 0 Å². The van der Waals surface area contributed by atoms with Crippen LogP contribution in [-0.4, -0.2) is 33.6 Å². The van der Waals surface area contributed by atoms with Crippen LogP contribution >= 0.6 is 0 Å². The lowest BCUT2D eigenvalue weighted by Gasteiger charge is -2.27. The lowest BCUT2D eigenvalue weighted by Crippen LogP contribution is -2.59. The number of hydrogen-bond donors (Lipinski definition) is 4. The minimum absolute atomic E-state index is 0.139. The van der Waals surface area contributed by atoms with Gasteiger partial charge in [0.25, 0.3) is 5.72 Å². The number of nitrogens with one attached hydrogen (secondary N) is 2. The lowest BCUT2D eigenvalue weighted by molar-refractivity contribution is -0.118. The van der Waals surface area contributed by atoms with Crippen LogP contribution < -0.4 is 10.6 Å². The summed E-state index contributed by atoms with van der Waals surface area (Å²) in [7, 11) is 0. The molecular formula is C12H11N3O4. The van der Waals surface area contributed by atoms with E-state index in [1.165, 1.54) is 19.1 Å². The number of benzene rings is 1. The van der Waals surface area contributed by atoms with E-state index in [0.29, 0.717) is 0 Å². The van der Waals surface area contributed by atoms with Gasteiger partial charge in [-0.2, -0.15) is 0 Å². The number of amides is 1. The van der Waals surface area contributed by atoms with Crippen molar-refractivity contribution >= 4 is 17.6 Å². The van der Waals surface area contributed by atoms with Crippen molar-refractivity contribution in [1.29, 1.82) is 0 Å². The van der Waals surface area contributed by atoms with Gasteiger partial charge in [0, 0.05) is 18.1 Å². The third-order valence-electron chi connectivity index (χ3n) is 3.25. The highest BCUT2D eigenvalue weighted by atomic mass is 16.4. The first-order valence-corrected chi connectivity index (χ1v) is 5.63. The van der Waals surface area contributed by atoms with E-state index < -0.39 is 23.1 Å². The fraction of sp³-hybridized carbons (Fsp3) is 0.250. The molecule has 1 aromatic carbocycles. The minimum atomic E-state index is -2.28. The molecule has 0 aromatic heterocycles. The second-order valence-electron chi connectivity index (χ2n) is 4.52. The molecule has 1 aliphatic carbocycles. The first kappa shape index (κ1) is 11.8. The molecule has 0 unspecified atom stereocenters. The van der Waals surface area contributed by atoms with Crippen LogP contribution in [0.4, 0.5) is 0 Å². The summed E-state index contributed by atoms with van der Waals surface area (Å²) in [5.74, 6) is -1.26. The monoisotopic (exact) mass is 261 g/mol. The summed E-state index contributed by atoms with van der Waals surface area (Å²) in [5, 5.41) is 25.6. The summed E-state index contributed by atoms with van der Waals surface area (Å²) in [5.41, 5.74) is -4.01.